The molecule has 0 aliphatic carbocycles. The molecule has 0 aliphatic heterocycles. The molecule has 4 heteroatoms. The second kappa shape index (κ2) is 6.71. The van der Waals surface area contributed by atoms with Crippen LogP contribution in [0, 0.1) is 13.8 Å². The molecule has 0 radical (unpaired) electrons. The third-order valence-electron chi connectivity index (χ3n) is 3.04. The average Bonchev–Trinajstić information content (AvgIpc) is 2.94. The van der Waals surface area contributed by atoms with Gasteiger partial charge in [-0.05, 0) is 44.9 Å². The Kier molecular flexibility index (Phi) is 4.96. The summed E-state index contributed by atoms with van der Waals surface area (Å²) >= 11 is 1.89. The molecular formula is C14H21N3S. The van der Waals surface area contributed by atoms with Crippen LogP contribution in [0.3, 0.4) is 0 Å². The molecule has 2 rings (SSSR count). The first kappa shape index (κ1) is 13.3. The van der Waals surface area contributed by atoms with E-state index in [0.29, 0.717) is 0 Å². The number of hydrogen-bond donors (Lipinski definition) is 1. The van der Waals surface area contributed by atoms with Crippen molar-refractivity contribution in [2.24, 2.45) is 0 Å². The largest absolute Gasteiger partial charge is 0.337 e. The minimum atomic E-state index is 1.00. The lowest BCUT2D eigenvalue weighted by molar-refractivity contribution is 0.568. The van der Waals surface area contributed by atoms with Crippen LogP contribution in [0.1, 0.15) is 28.2 Å². The first-order valence-corrected chi connectivity index (χ1v) is 7.30. The molecular weight excluding hydrogens is 242 g/mol. The van der Waals surface area contributed by atoms with Crippen LogP contribution in [-0.2, 0) is 13.1 Å². The predicted octanol–water partition coefficient (Wildman–Crippen LogP) is 3.13. The number of nitrogens with zero attached hydrogens (tertiary/aromatic N) is 2. The van der Waals surface area contributed by atoms with Crippen LogP contribution < -0.4 is 5.32 Å². The molecule has 98 valence electrons. The Balaban J connectivity index is 1.57. The number of hydrogen-bond acceptors (Lipinski definition) is 3. The van der Waals surface area contributed by atoms with E-state index in [1.165, 1.54) is 28.2 Å². The van der Waals surface area contributed by atoms with Gasteiger partial charge in [0.15, 0.2) is 0 Å². The van der Waals surface area contributed by atoms with Gasteiger partial charge in [-0.1, -0.05) is 0 Å². The van der Waals surface area contributed by atoms with E-state index >= 15 is 0 Å². The van der Waals surface area contributed by atoms with Crippen molar-refractivity contribution in [1.29, 1.82) is 0 Å². The van der Waals surface area contributed by atoms with E-state index in [-0.39, 0.29) is 0 Å². The number of aryl methyl sites for hydroxylation is 3. The molecule has 0 aromatic carbocycles. The Morgan fingerprint density at radius 1 is 1.33 bits per heavy atom. The van der Waals surface area contributed by atoms with Gasteiger partial charge in [-0.25, -0.2) is 4.98 Å². The van der Waals surface area contributed by atoms with Gasteiger partial charge in [-0.2, -0.15) is 0 Å². The highest BCUT2D eigenvalue weighted by atomic mass is 32.1. The van der Waals surface area contributed by atoms with Crippen molar-refractivity contribution in [2.75, 3.05) is 6.54 Å². The fraction of sp³-hybridized carbons (Fsp3) is 0.500. The minimum absolute atomic E-state index is 1.00. The molecule has 18 heavy (non-hydrogen) atoms. The molecule has 0 fully saturated rings. The van der Waals surface area contributed by atoms with Gasteiger partial charge >= 0.3 is 0 Å². The Hall–Kier alpha value is -1.13. The molecule has 1 N–H and O–H groups in total. The summed E-state index contributed by atoms with van der Waals surface area (Å²) in [4.78, 5) is 6.89. The monoisotopic (exact) mass is 263 g/mol. The summed E-state index contributed by atoms with van der Waals surface area (Å²) in [6.45, 7) is 7.53. The van der Waals surface area contributed by atoms with Gasteiger partial charge < -0.3 is 9.88 Å². The number of nitrogens with one attached hydrogen (secondary N) is 1. The van der Waals surface area contributed by atoms with Crippen LogP contribution in [0.25, 0.3) is 0 Å². The van der Waals surface area contributed by atoms with Crippen LogP contribution in [-0.4, -0.2) is 16.1 Å². The second-order valence-corrected chi connectivity index (χ2v) is 6.08. The van der Waals surface area contributed by atoms with E-state index in [2.05, 4.69) is 34.8 Å². The van der Waals surface area contributed by atoms with Crippen LogP contribution in [0.2, 0.25) is 0 Å². The maximum atomic E-state index is 4.04. The SMILES string of the molecule is Cc1cc(CNCCCCn2ccnc2)c(C)s1. The Morgan fingerprint density at radius 2 is 2.22 bits per heavy atom. The van der Waals surface area contributed by atoms with Gasteiger partial charge in [0.25, 0.3) is 0 Å². The second-order valence-electron chi connectivity index (χ2n) is 4.62. The van der Waals surface area contributed by atoms with E-state index in [1.54, 1.807) is 0 Å². The molecule has 0 atom stereocenters. The number of unbranched alkanes of at least 4 members (excludes halogenated alkanes) is 1. The van der Waals surface area contributed by atoms with E-state index in [1.807, 2.05) is 30.1 Å². The van der Waals surface area contributed by atoms with Gasteiger partial charge in [0, 0.05) is 35.2 Å². The molecule has 2 aromatic heterocycles. The number of rotatable bonds is 7. The van der Waals surface area contributed by atoms with E-state index in [0.717, 1.165) is 19.6 Å². The smallest absolute Gasteiger partial charge is 0.0945 e. The van der Waals surface area contributed by atoms with Crippen LogP contribution in [0.15, 0.2) is 24.8 Å². The van der Waals surface area contributed by atoms with E-state index < -0.39 is 0 Å². The average molecular weight is 263 g/mol. The number of imidazole rings is 1. The van der Waals surface area contributed by atoms with Crippen molar-refractivity contribution in [1.82, 2.24) is 14.9 Å². The van der Waals surface area contributed by atoms with E-state index in [9.17, 15) is 0 Å². The van der Waals surface area contributed by atoms with Gasteiger partial charge in [-0.15, -0.1) is 11.3 Å². The highest BCUT2D eigenvalue weighted by Gasteiger charge is 2.01. The zero-order valence-corrected chi connectivity index (χ0v) is 12.0. The topological polar surface area (TPSA) is 29.9 Å². The van der Waals surface area contributed by atoms with Crippen LogP contribution in [0.4, 0.5) is 0 Å². The fourth-order valence-electron chi connectivity index (χ4n) is 2.05. The highest BCUT2D eigenvalue weighted by molar-refractivity contribution is 7.12. The van der Waals surface area contributed by atoms with Gasteiger partial charge in [0.05, 0.1) is 6.33 Å². The van der Waals surface area contributed by atoms with Crippen molar-refractivity contribution in [3.05, 3.63) is 40.1 Å². The third kappa shape index (κ3) is 3.96. The Bertz CT molecular complexity index is 459. The molecule has 0 bridgehead atoms. The molecule has 3 nitrogen and oxygen atoms in total. The summed E-state index contributed by atoms with van der Waals surface area (Å²) in [5, 5.41) is 3.52. The molecule has 0 spiro atoms. The van der Waals surface area contributed by atoms with Crippen molar-refractivity contribution >= 4 is 11.3 Å². The molecule has 0 amide bonds. The van der Waals surface area contributed by atoms with Gasteiger partial charge in [-0.3, -0.25) is 0 Å². The number of aromatic nitrogens is 2. The fourth-order valence-corrected chi connectivity index (χ4v) is 2.99. The first-order valence-electron chi connectivity index (χ1n) is 6.48. The quantitative estimate of drug-likeness (QED) is 0.778. The molecule has 0 unspecified atom stereocenters. The molecule has 0 saturated carbocycles. The van der Waals surface area contributed by atoms with Gasteiger partial charge in [0.1, 0.15) is 0 Å². The molecule has 2 heterocycles. The summed E-state index contributed by atoms with van der Waals surface area (Å²) in [7, 11) is 0. The highest BCUT2D eigenvalue weighted by Crippen LogP contribution is 2.20. The summed E-state index contributed by atoms with van der Waals surface area (Å²) < 4.78 is 2.13. The predicted molar refractivity (Wildman–Crippen MR) is 77.0 cm³/mol. The zero-order valence-electron chi connectivity index (χ0n) is 11.1. The Labute approximate surface area is 113 Å². The lowest BCUT2D eigenvalue weighted by Crippen LogP contribution is -2.15. The summed E-state index contributed by atoms with van der Waals surface area (Å²) in [6.07, 6.45) is 8.14. The normalized spacial score (nSPS) is 11.0. The molecule has 0 saturated heterocycles. The zero-order chi connectivity index (χ0) is 12.8. The van der Waals surface area contributed by atoms with Crippen molar-refractivity contribution in [2.45, 2.75) is 39.8 Å². The standard InChI is InChI=1S/C14H21N3S/c1-12-9-14(13(2)18-12)10-15-5-3-4-7-17-8-6-16-11-17/h6,8-9,11,15H,3-5,7,10H2,1-2H3. The van der Waals surface area contributed by atoms with Crippen molar-refractivity contribution in [3.8, 4) is 0 Å². The lowest BCUT2D eigenvalue weighted by atomic mass is 10.2. The third-order valence-corrected chi connectivity index (χ3v) is 4.05. The maximum absolute atomic E-state index is 4.04. The minimum Gasteiger partial charge on any atom is -0.337 e. The first-order chi connectivity index (χ1) is 8.75. The Morgan fingerprint density at radius 3 is 2.89 bits per heavy atom. The summed E-state index contributed by atoms with van der Waals surface area (Å²) in [6, 6.07) is 2.29. The maximum Gasteiger partial charge on any atom is 0.0945 e. The lowest BCUT2D eigenvalue weighted by Gasteiger charge is -2.05. The van der Waals surface area contributed by atoms with E-state index in [4.69, 9.17) is 0 Å². The number of thiophene rings is 1. The van der Waals surface area contributed by atoms with Crippen LogP contribution in [0.5, 0.6) is 0 Å². The molecule has 0 aliphatic rings. The van der Waals surface area contributed by atoms with Gasteiger partial charge in [0.2, 0.25) is 0 Å². The summed E-state index contributed by atoms with van der Waals surface area (Å²) in [5.41, 5.74) is 1.45. The van der Waals surface area contributed by atoms with Crippen LogP contribution >= 0.6 is 11.3 Å². The summed E-state index contributed by atoms with van der Waals surface area (Å²) in [5.74, 6) is 0. The van der Waals surface area contributed by atoms with Crippen molar-refractivity contribution < 1.29 is 0 Å². The molecule has 2 aromatic rings. The van der Waals surface area contributed by atoms with Crippen molar-refractivity contribution in [3.63, 3.8) is 0 Å².